The summed E-state index contributed by atoms with van der Waals surface area (Å²) < 4.78 is 11.7. The Bertz CT molecular complexity index is 1110. The highest BCUT2D eigenvalue weighted by atomic mass is 79.9. The molecular formula is C24H21BrN2O4. The molecule has 3 rings (SSSR count). The van der Waals surface area contributed by atoms with Gasteiger partial charge in [0, 0.05) is 10.0 Å². The molecule has 1 amide bonds. The molecule has 6 nitrogen and oxygen atoms in total. The lowest BCUT2D eigenvalue weighted by Gasteiger charge is -2.08. The lowest BCUT2D eigenvalue weighted by atomic mass is 10.1. The topological polar surface area (TPSA) is 77.0 Å². The van der Waals surface area contributed by atoms with Crippen LogP contribution in [0.2, 0.25) is 0 Å². The first kappa shape index (κ1) is 22.2. The summed E-state index contributed by atoms with van der Waals surface area (Å²) in [6.45, 7) is 3.71. The number of halogens is 1. The van der Waals surface area contributed by atoms with Crippen LogP contribution in [-0.4, -0.2) is 24.7 Å². The maximum absolute atomic E-state index is 12.4. The zero-order valence-electron chi connectivity index (χ0n) is 17.1. The van der Waals surface area contributed by atoms with Gasteiger partial charge in [-0.15, -0.1) is 0 Å². The quantitative estimate of drug-likeness (QED) is 0.227. The van der Waals surface area contributed by atoms with Gasteiger partial charge < -0.3 is 9.47 Å². The second-order valence-corrected chi connectivity index (χ2v) is 7.75. The number of aryl methyl sites for hydroxylation is 2. The minimum absolute atomic E-state index is 0.172. The van der Waals surface area contributed by atoms with E-state index in [-0.39, 0.29) is 6.61 Å². The van der Waals surface area contributed by atoms with E-state index in [0.717, 1.165) is 15.6 Å². The third kappa shape index (κ3) is 6.79. The van der Waals surface area contributed by atoms with E-state index >= 15 is 0 Å². The van der Waals surface area contributed by atoms with Crippen LogP contribution in [-0.2, 0) is 4.79 Å². The van der Waals surface area contributed by atoms with Gasteiger partial charge in [0.15, 0.2) is 6.61 Å². The number of amides is 1. The fourth-order valence-electron chi connectivity index (χ4n) is 2.62. The number of nitrogens with zero attached hydrogens (tertiary/aromatic N) is 1. The zero-order valence-corrected chi connectivity index (χ0v) is 18.7. The summed E-state index contributed by atoms with van der Waals surface area (Å²) in [5, 5.41) is 3.95. The standard InChI is InChI=1S/C24H21BrN2O4/c1-16-6-8-18(9-7-16)24(29)31-22-11-10-20(25)13-19(22)14-26-27-23(28)15-30-21-5-3-4-17(2)12-21/h3-14H,15H2,1-2H3,(H,27,28)/b26-14+. The number of esters is 1. The van der Waals surface area contributed by atoms with Gasteiger partial charge in [0.05, 0.1) is 11.8 Å². The van der Waals surface area contributed by atoms with E-state index in [0.29, 0.717) is 22.6 Å². The van der Waals surface area contributed by atoms with Crippen molar-refractivity contribution in [3.05, 3.63) is 93.5 Å². The lowest BCUT2D eigenvalue weighted by Crippen LogP contribution is -2.24. The predicted octanol–water partition coefficient (Wildman–Crippen LogP) is 4.81. The fraction of sp³-hybridized carbons (Fsp3) is 0.125. The first-order valence-electron chi connectivity index (χ1n) is 9.50. The summed E-state index contributed by atoms with van der Waals surface area (Å²) in [6, 6.07) is 19.7. The normalized spacial score (nSPS) is 10.7. The van der Waals surface area contributed by atoms with Crippen LogP contribution in [0.5, 0.6) is 11.5 Å². The number of rotatable bonds is 7. The van der Waals surface area contributed by atoms with Crippen LogP contribution in [0.15, 0.2) is 76.3 Å². The molecule has 0 aliphatic rings. The van der Waals surface area contributed by atoms with Crippen molar-refractivity contribution in [2.24, 2.45) is 5.10 Å². The molecular weight excluding hydrogens is 460 g/mol. The highest BCUT2D eigenvalue weighted by Gasteiger charge is 2.11. The first-order valence-corrected chi connectivity index (χ1v) is 10.3. The Morgan fingerprint density at radius 3 is 2.52 bits per heavy atom. The lowest BCUT2D eigenvalue weighted by molar-refractivity contribution is -0.123. The van der Waals surface area contributed by atoms with Crippen LogP contribution < -0.4 is 14.9 Å². The van der Waals surface area contributed by atoms with Crippen molar-refractivity contribution in [2.45, 2.75) is 13.8 Å². The van der Waals surface area contributed by atoms with Gasteiger partial charge in [-0.2, -0.15) is 5.10 Å². The van der Waals surface area contributed by atoms with Crippen molar-refractivity contribution >= 4 is 34.0 Å². The molecule has 7 heteroatoms. The molecule has 0 saturated heterocycles. The molecule has 0 unspecified atom stereocenters. The molecule has 0 fully saturated rings. The molecule has 3 aromatic carbocycles. The Hall–Kier alpha value is -3.45. The molecule has 158 valence electrons. The Kier molecular flexibility index (Phi) is 7.56. The van der Waals surface area contributed by atoms with Crippen molar-refractivity contribution in [1.29, 1.82) is 0 Å². The van der Waals surface area contributed by atoms with Crippen LogP contribution in [0.25, 0.3) is 0 Å². The molecule has 1 N–H and O–H groups in total. The summed E-state index contributed by atoms with van der Waals surface area (Å²) in [7, 11) is 0. The molecule has 0 aromatic heterocycles. The maximum Gasteiger partial charge on any atom is 0.343 e. The average molecular weight is 481 g/mol. The number of carbonyl (C=O) groups excluding carboxylic acids is 2. The highest BCUT2D eigenvalue weighted by molar-refractivity contribution is 9.10. The van der Waals surface area contributed by atoms with Gasteiger partial charge >= 0.3 is 5.97 Å². The van der Waals surface area contributed by atoms with Gasteiger partial charge in [-0.3, -0.25) is 4.79 Å². The molecule has 0 aliphatic carbocycles. The molecule has 0 atom stereocenters. The number of nitrogens with one attached hydrogen (secondary N) is 1. The van der Waals surface area contributed by atoms with Crippen molar-refractivity contribution in [3.8, 4) is 11.5 Å². The zero-order chi connectivity index (χ0) is 22.2. The van der Waals surface area contributed by atoms with Crippen LogP contribution in [0.3, 0.4) is 0 Å². The highest BCUT2D eigenvalue weighted by Crippen LogP contribution is 2.23. The van der Waals surface area contributed by atoms with E-state index in [1.165, 1.54) is 6.21 Å². The summed E-state index contributed by atoms with van der Waals surface area (Å²) in [6.07, 6.45) is 1.41. The van der Waals surface area contributed by atoms with Gasteiger partial charge in [0.25, 0.3) is 5.91 Å². The van der Waals surface area contributed by atoms with E-state index < -0.39 is 11.9 Å². The Labute approximate surface area is 189 Å². The smallest absolute Gasteiger partial charge is 0.343 e. The number of ether oxygens (including phenoxy) is 2. The molecule has 31 heavy (non-hydrogen) atoms. The predicted molar refractivity (Wildman–Crippen MR) is 123 cm³/mol. The summed E-state index contributed by atoms with van der Waals surface area (Å²) in [4.78, 5) is 24.4. The van der Waals surface area contributed by atoms with Gasteiger partial charge in [0.2, 0.25) is 0 Å². The molecule has 0 spiro atoms. The molecule has 0 aliphatic heterocycles. The Balaban J connectivity index is 1.61. The SMILES string of the molecule is Cc1ccc(C(=O)Oc2ccc(Br)cc2/C=N/NC(=O)COc2cccc(C)c2)cc1. The molecule has 3 aromatic rings. The molecule has 0 heterocycles. The van der Waals surface area contributed by atoms with Crippen molar-refractivity contribution in [1.82, 2.24) is 5.43 Å². The fourth-order valence-corrected chi connectivity index (χ4v) is 3.00. The van der Waals surface area contributed by atoms with Crippen molar-refractivity contribution in [2.75, 3.05) is 6.61 Å². The Morgan fingerprint density at radius 2 is 1.77 bits per heavy atom. The summed E-state index contributed by atoms with van der Waals surface area (Å²) >= 11 is 3.38. The molecule has 0 saturated carbocycles. The Morgan fingerprint density at radius 1 is 1.00 bits per heavy atom. The number of hydrogen-bond donors (Lipinski definition) is 1. The number of hydrogen-bond acceptors (Lipinski definition) is 5. The average Bonchev–Trinajstić information content (AvgIpc) is 2.74. The summed E-state index contributed by atoms with van der Waals surface area (Å²) in [5.41, 5.74) is 5.46. The maximum atomic E-state index is 12.4. The van der Waals surface area contributed by atoms with Crippen molar-refractivity contribution in [3.63, 3.8) is 0 Å². The van der Waals surface area contributed by atoms with Crippen LogP contribution >= 0.6 is 15.9 Å². The number of benzene rings is 3. The van der Waals surface area contributed by atoms with Gasteiger partial charge in [-0.1, -0.05) is 45.8 Å². The van der Waals surface area contributed by atoms with E-state index in [2.05, 4.69) is 26.5 Å². The van der Waals surface area contributed by atoms with Crippen LogP contribution in [0.4, 0.5) is 0 Å². The largest absolute Gasteiger partial charge is 0.484 e. The van der Waals surface area contributed by atoms with E-state index in [9.17, 15) is 9.59 Å². The number of hydrazone groups is 1. The van der Waals surface area contributed by atoms with E-state index in [1.54, 1.807) is 36.4 Å². The second kappa shape index (κ2) is 10.5. The first-order chi connectivity index (χ1) is 14.9. The summed E-state index contributed by atoms with van der Waals surface area (Å²) in [5.74, 6) is 0.0396. The third-order valence-corrected chi connectivity index (χ3v) is 4.71. The van der Waals surface area contributed by atoms with Gasteiger partial charge in [0.1, 0.15) is 11.5 Å². The monoisotopic (exact) mass is 480 g/mol. The van der Waals surface area contributed by atoms with Crippen molar-refractivity contribution < 1.29 is 19.1 Å². The van der Waals surface area contributed by atoms with Gasteiger partial charge in [-0.05, 0) is 61.9 Å². The van der Waals surface area contributed by atoms with Crippen LogP contribution in [0, 0.1) is 13.8 Å². The molecule has 0 bridgehead atoms. The third-order valence-electron chi connectivity index (χ3n) is 4.21. The second-order valence-electron chi connectivity index (χ2n) is 6.84. The minimum Gasteiger partial charge on any atom is -0.484 e. The van der Waals surface area contributed by atoms with Crippen LogP contribution in [0.1, 0.15) is 27.0 Å². The van der Waals surface area contributed by atoms with E-state index in [4.69, 9.17) is 9.47 Å². The van der Waals surface area contributed by atoms with Gasteiger partial charge in [-0.25, -0.2) is 10.2 Å². The molecule has 0 radical (unpaired) electrons. The van der Waals surface area contributed by atoms with E-state index in [1.807, 2.05) is 44.2 Å². The minimum atomic E-state index is -0.479. The number of carbonyl (C=O) groups is 2.